The predicted molar refractivity (Wildman–Crippen MR) is 61.1 cm³/mol. The highest BCUT2D eigenvalue weighted by atomic mass is 79.9. The quantitative estimate of drug-likeness (QED) is 0.873. The first kappa shape index (κ1) is 11.2. The zero-order valence-electron chi connectivity index (χ0n) is 8.01. The fraction of sp³-hybridized carbons (Fsp3) is 0.600. The first-order valence-corrected chi connectivity index (χ1v) is 6.27. The SMILES string of the molecule is CCCC(O)(CC)c1sccc1Br. The van der Waals surface area contributed by atoms with Crippen LogP contribution in [0.15, 0.2) is 15.9 Å². The van der Waals surface area contributed by atoms with Crippen molar-refractivity contribution in [2.24, 2.45) is 0 Å². The van der Waals surface area contributed by atoms with Crippen LogP contribution in [-0.4, -0.2) is 5.11 Å². The summed E-state index contributed by atoms with van der Waals surface area (Å²) in [5.41, 5.74) is -0.623. The van der Waals surface area contributed by atoms with Crippen molar-refractivity contribution in [2.75, 3.05) is 0 Å². The molecule has 3 heteroatoms. The first-order valence-electron chi connectivity index (χ1n) is 4.60. The van der Waals surface area contributed by atoms with Gasteiger partial charge in [0.2, 0.25) is 0 Å². The summed E-state index contributed by atoms with van der Waals surface area (Å²) in [5.74, 6) is 0. The Hall–Kier alpha value is 0.140. The smallest absolute Gasteiger partial charge is 0.0996 e. The molecule has 0 saturated heterocycles. The number of aliphatic hydroxyl groups is 1. The van der Waals surface area contributed by atoms with Gasteiger partial charge >= 0.3 is 0 Å². The third kappa shape index (κ3) is 2.33. The molecule has 1 aromatic heterocycles. The second-order valence-corrected chi connectivity index (χ2v) is 5.00. The number of hydrogen-bond acceptors (Lipinski definition) is 2. The van der Waals surface area contributed by atoms with Crippen molar-refractivity contribution in [1.29, 1.82) is 0 Å². The van der Waals surface area contributed by atoms with Crippen molar-refractivity contribution in [3.05, 3.63) is 20.8 Å². The van der Waals surface area contributed by atoms with Crippen LogP contribution < -0.4 is 0 Å². The van der Waals surface area contributed by atoms with E-state index in [1.54, 1.807) is 11.3 Å². The maximum absolute atomic E-state index is 10.3. The molecule has 1 heterocycles. The van der Waals surface area contributed by atoms with E-state index in [9.17, 15) is 5.11 Å². The molecular weight excluding hydrogens is 248 g/mol. The van der Waals surface area contributed by atoms with Gasteiger partial charge in [-0.2, -0.15) is 0 Å². The maximum Gasteiger partial charge on any atom is 0.0996 e. The maximum atomic E-state index is 10.3. The van der Waals surface area contributed by atoms with Gasteiger partial charge in [0.15, 0.2) is 0 Å². The molecule has 13 heavy (non-hydrogen) atoms. The van der Waals surface area contributed by atoms with Crippen LogP contribution in [0.5, 0.6) is 0 Å². The first-order chi connectivity index (χ1) is 6.14. The van der Waals surface area contributed by atoms with Crippen LogP contribution >= 0.6 is 27.3 Å². The Labute approximate surface area is 91.9 Å². The van der Waals surface area contributed by atoms with Crippen LogP contribution in [0.3, 0.4) is 0 Å². The molecule has 1 nitrogen and oxygen atoms in total. The lowest BCUT2D eigenvalue weighted by atomic mass is 9.93. The van der Waals surface area contributed by atoms with Gasteiger partial charge < -0.3 is 5.11 Å². The summed E-state index contributed by atoms with van der Waals surface area (Å²) in [6, 6.07) is 2.00. The minimum Gasteiger partial charge on any atom is -0.384 e. The summed E-state index contributed by atoms with van der Waals surface area (Å²) in [5, 5.41) is 12.4. The Bertz CT molecular complexity index is 272. The van der Waals surface area contributed by atoms with Crippen molar-refractivity contribution in [2.45, 2.75) is 38.7 Å². The molecule has 0 aromatic carbocycles. The zero-order chi connectivity index (χ0) is 9.90. The highest BCUT2D eigenvalue weighted by Crippen LogP contribution is 2.38. The summed E-state index contributed by atoms with van der Waals surface area (Å²) >= 11 is 5.09. The van der Waals surface area contributed by atoms with Crippen molar-refractivity contribution in [3.63, 3.8) is 0 Å². The molecule has 0 aliphatic carbocycles. The molecule has 1 atom stereocenters. The van der Waals surface area contributed by atoms with Crippen LogP contribution in [0.4, 0.5) is 0 Å². The average Bonchev–Trinajstić information content (AvgIpc) is 2.52. The van der Waals surface area contributed by atoms with Crippen LogP contribution in [-0.2, 0) is 5.60 Å². The lowest BCUT2D eigenvalue weighted by Crippen LogP contribution is -2.23. The highest BCUT2D eigenvalue weighted by Gasteiger charge is 2.29. The van der Waals surface area contributed by atoms with E-state index in [1.165, 1.54) is 0 Å². The van der Waals surface area contributed by atoms with Gasteiger partial charge in [0.1, 0.15) is 0 Å². The molecule has 1 unspecified atom stereocenters. The normalized spacial score (nSPS) is 15.7. The largest absolute Gasteiger partial charge is 0.384 e. The molecule has 0 fully saturated rings. The molecule has 1 N–H and O–H groups in total. The molecule has 0 aliphatic rings. The fourth-order valence-electron chi connectivity index (χ4n) is 1.49. The highest BCUT2D eigenvalue weighted by molar-refractivity contribution is 9.10. The Balaban J connectivity index is 2.95. The van der Waals surface area contributed by atoms with E-state index >= 15 is 0 Å². The summed E-state index contributed by atoms with van der Waals surface area (Å²) in [7, 11) is 0. The Kier molecular flexibility index (Phi) is 3.95. The predicted octanol–water partition coefficient (Wildman–Crippen LogP) is 3.91. The summed E-state index contributed by atoms with van der Waals surface area (Å²) in [6.07, 6.45) is 2.62. The van der Waals surface area contributed by atoms with E-state index in [0.29, 0.717) is 0 Å². The monoisotopic (exact) mass is 262 g/mol. The zero-order valence-corrected chi connectivity index (χ0v) is 10.4. The summed E-state index contributed by atoms with van der Waals surface area (Å²) in [4.78, 5) is 1.07. The Morgan fingerprint density at radius 1 is 1.54 bits per heavy atom. The topological polar surface area (TPSA) is 20.2 Å². The third-order valence-corrected chi connectivity index (χ3v) is 4.32. The summed E-state index contributed by atoms with van der Waals surface area (Å²) < 4.78 is 1.04. The fourth-order valence-corrected chi connectivity index (χ4v) is 3.43. The molecule has 0 aliphatic heterocycles. The van der Waals surface area contributed by atoms with Gasteiger partial charge in [0.25, 0.3) is 0 Å². The molecule has 0 saturated carbocycles. The van der Waals surface area contributed by atoms with E-state index in [1.807, 2.05) is 18.4 Å². The average molecular weight is 263 g/mol. The molecular formula is C10H15BrOS. The van der Waals surface area contributed by atoms with Crippen LogP contribution in [0.2, 0.25) is 0 Å². The van der Waals surface area contributed by atoms with Gasteiger partial charge in [0.05, 0.1) is 10.5 Å². The molecule has 0 bridgehead atoms. The lowest BCUT2D eigenvalue weighted by molar-refractivity contribution is 0.0257. The number of rotatable bonds is 4. The van der Waals surface area contributed by atoms with Gasteiger partial charge in [-0.1, -0.05) is 20.3 Å². The van der Waals surface area contributed by atoms with Crippen molar-refractivity contribution in [3.8, 4) is 0 Å². The number of halogens is 1. The van der Waals surface area contributed by atoms with Crippen LogP contribution in [0.25, 0.3) is 0 Å². The van der Waals surface area contributed by atoms with E-state index in [2.05, 4.69) is 22.9 Å². The minimum absolute atomic E-state index is 0.623. The Morgan fingerprint density at radius 3 is 2.62 bits per heavy atom. The van der Waals surface area contributed by atoms with Gasteiger partial charge in [-0.25, -0.2) is 0 Å². The minimum atomic E-state index is -0.623. The van der Waals surface area contributed by atoms with Crippen LogP contribution in [0, 0.1) is 0 Å². The van der Waals surface area contributed by atoms with Gasteiger partial charge in [-0.15, -0.1) is 11.3 Å². The summed E-state index contributed by atoms with van der Waals surface area (Å²) in [6.45, 7) is 4.13. The van der Waals surface area contributed by atoms with Gasteiger partial charge in [0, 0.05) is 4.47 Å². The van der Waals surface area contributed by atoms with Crippen LogP contribution in [0.1, 0.15) is 38.0 Å². The van der Waals surface area contributed by atoms with Crippen molar-refractivity contribution >= 4 is 27.3 Å². The third-order valence-electron chi connectivity index (χ3n) is 2.29. The molecule has 74 valence electrons. The van der Waals surface area contributed by atoms with E-state index in [-0.39, 0.29) is 0 Å². The molecule has 1 rings (SSSR count). The van der Waals surface area contributed by atoms with Crippen molar-refractivity contribution in [1.82, 2.24) is 0 Å². The van der Waals surface area contributed by atoms with E-state index in [0.717, 1.165) is 28.6 Å². The molecule has 0 radical (unpaired) electrons. The van der Waals surface area contributed by atoms with Gasteiger partial charge in [-0.05, 0) is 40.2 Å². The van der Waals surface area contributed by atoms with E-state index in [4.69, 9.17) is 0 Å². The molecule has 1 aromatic rings. The lowest BCUT2D eigenvalue weighted by Gasteiger charge is -2.25. The van der Waals surface area contributed by atoms with Gasteiger partial charge in [-0.3, -0.25) is 0 Å². The van der Waals surface area contributed by atoms with E-state index < -0.39 is 5.60 Å². The number of thiophene rings is 1. The molecule has 0 amide bonds. The standard InChI is InChI=1S/C10H15BrOS/c1-3-6-10(12,4-2)9-8(11)5-7-13-9/h5,7,12H,3-4,6H2,1-2H3. The second kappa shape index (κ2) is 4.58. The van der Waals surface area contributed by atoms with Crippen molar-refractivity contribution < 1.29 is 5.11 Å². The number of hydrogen-bond donors (Lipinski definition) is 1. The Morgan fingerprint density at radius 2 is 2.23 bits per heavy atom. The molecule has 0 spiro atoms. The second-order valence-electron chi connectivity index (χ2n) is 3.23.